The van der Waals surface area contributed by atoms with Crippen LogP contribution in [0, 0.1) is 0 Å². The molecule has 126 valence electrons. The van der Waals surface area contributed by atoms with Gasteiger partial charge in [-0.05, 0) is 12.8 Å². The normalized spacial score (nSPS) is 34.1. The molecule has 0 amide bonds. The molecule has 1 heterocycles. The average Bonchev–Trinajstić information content (AvgIpc) is 2.41. The van der Waals surface area contributed by atoms with Crippen LogP contribution in [0.25, 0.3) is 0 Å². The first-order valence-electron chi connectivity index (χ1n) is 6.38. The first kappa shape index (κ1) is 18.9. The molecule has 0 aromatic carbocycles. The molecule has 21 heavy (non-hydrogen) atoms. The predicted molar refractivity (Wildman–Crippen MR) is 66.9 cm³/mol. The molecule has 6 N–H and O–H groups in total. The zero-order valence-corrected chi connectivity index (χ0v) is 12.1. The molecule has 5 unspecified atom stereocenters. The average molecular weight is 332 g/mol. The highest BCUT2D eigenvalue weighted by atomic mass is 31.2. The van der Waals surface area contributed by atoms with Crippen LogP contribution in [0.5, 0.6) is 0 Å². The summed E-state index contributed by atoms with van der Waals surface area (Å²) in [5.41, 5.74) is 0. The maximum atomic E-state index is 10.4. The van der Waals surface area contributed by atoms with Crippen LogP contribution in [-0.2, 0) is 18.6 Å². The molecule has 0 saturated carbocycles. The Morgan fingerprint density at radius 2 is 1.62 bits per heavy atom. The van der Waals surface area contributed by atoms with Crippen LogP contribution in [-0.4, -0.2) is 80.7 Å². The summed E-state index contributed by atoms with van der Waals surface area (Å²) >= 11 is 0. The third-order valence-electron chi connectivity index (χ3n) is 2.93. The first-order valence-corrected chi connectivity index (χ1v) is 7.91. The van der Waals surface area contributed by atoms with Gasteiger partial charge in [-0.25, -0.2) is 4.57 Å². The van der Waals surface area contributed by atoms with Crippen molar-refractivity contribution in [3.05, 3.63) is 0 Å². The minimum Gasteiger partial charge on any atom is -0.394 e. The molecular weight excluding hydrogens is 311 g/mol. The summed E-state index contributed by atoms with van der Waals surface area (Å²) in [7, 11) is -4.47. The second-order valence-electron chi connectivity index (χ2n) is 4.60. The molecule has 0 radical (unpaired) electrons. The molecule has 0 aromatic heterocycles. The molecular formula is C10H21O10P. The summed E-state index contributed by atoms with van der Waals surface area (Å²) in [5.74, 6) is 0. The molecule has 1 aliphatic heterocycles. The highest BCUT2D eigenvalue weighted by molar-refractivity contribution is 7.46. The van der Waals surface area contributed by atoms with Crippen LogP contribution in [0.15, 0.2) is 0 Å². The quantitative estimate of drug-likeness (QED) is 0.210. The van der Waals surface area contributed by atoms with Gasteiger partial charge in [0.25, 0.3) is 0 Å². The summed E-state index contributed by atoms with van der Waals surface area (Å²) in [6.45, 7) is -0.615. The first-order chi connectivity index (χ1) is 9.76. The van der Waals surface area contributed by atoms with Crippen molar-refractivity contribution in [3.63, 3.8) is 0 Å². The lowest BCUT2D eigenvalue weighted by atomic mass is 9.99. The number of rotatable bonds is 8. The fourth-order valence-electron chi connectivity index (χ4n) is 1.79. The van der Waals surface area contributed by atoms with Crippen molar-refractivity contribution in [3.8, 4) is 0 Å². The monoisotopic (exact) mass is 332 g/mol. The fraction of sp³-hybridized carbons (Fsp3) is 1.00. The van der Waals surface area contributed by atoms with Gasteiger partial charge >= 0.3 is 7.82 Å². The van der Waals surface area contributed by atoms with E-state index in [4.69, 9.17) is 24.4 Å². The van der Waals surface area contributed by atoms with E-state index >= 15 is 0 Å². The Bertz CT molecular complexity index is 345. The van der Waals surface area contributed by atoms with Crippen molar-refractivity contribution in [2.75, 3.05) is 19.8 Å². The van der Waals surface area contributed by atoms with E-state index in [1.54, 1.807) is 0 Å². The van der Waals surface area contributed by atoms with E-state index in [0.29, 0.717) is 12.8 Å². The molecule has 1 aliphatic rings. The van der Waals surface area contributed by atoms with Crippen LogP contribution >= 0.6 is 7.82 Å². The van der Waals surface area contributed by atoms with Gasteiger partial charge in [0.2, 0.25) is 0 Å². The van der Waals surface area contributed by atoms with E-state index in [9.17, 15) is 19.9 Å². The minimum atomic E-state index is -4.47. The molecule has 0 bridgehead atoms. The Morgan fingerprint density at radius 3 is 2.19 bits per heavy atom. The highest BCUT2D eigenvalue weighted by Crippen LogP contribution is 2.35. The molecule has 0 aromatic rings. The van der Waals surface area contributed by atoms with Gasteiger partial charge in [0.1, 0.15) is 24.4 Å². The molecule has 1 fully saturated rings. The summed E-state index contributed by atoms with van der Waals surface area (Å²) in [5, 5.41) is 37.7. The van der Waals surface area contributed by atoms with Crippen LogP contribution < -0.4 is 0 Å². The number of aliphatic hydroxyl groups excluding tert-OH is 4. The number of aliphatic hydroxyl groups is 4. The van der Waals surface area contributed by atoms with Crippen molar-refractivity contribution in [2.45, 2.75) is 43.5 Å². The summed E-state index contributed by atoms with van der Waals surface area (Å²) in [6, 6.07) is 0. The Balaban J connectivity index is 2.26. The van der Waals surface area contributed by atoms with Crippen LogP contribution in [0.4, 0.5) is 0 Å². The van der Waals surface area contributed by atoms with E-state index in [-0.39, 0.29) is 13.2 Å². The molecule has 1 saturated heterocycles. The fourth-order valence-corrected chi connectivity index (χ4v) is 2.16. The molecule has 1 rings (SSSR count). The largest absolute Gasteiger partial charge is 0.469 e. The van der Waals surface area contributed by atoms with Gasteiger partial charge in [-0.3, -0.25) is 4.52 Å². The van der Waals surface area contributed by atoms with E-state index in [2.05, 4.69) is 4.52 Å². The van der Waals surface area contributed by atoms with Crippen molar-refractivity contribution in [2.24, 2.45) is 0 Å². The minimum absolute atomic E-state index is 0.0766. The van der Waals surface area contributed by atoms with Crippen molar-refractivity contribution < 1.29 is 48.8 Å². The maximum Gasteiger partial charge on any atom is 0.469 e. The highest BCUT2D eigenvalue weighted by Gasteiger charge is 2.43. The van der Waals surface area contributed by atoms with Gasteiger partial charge in [-0.2, -0.15) is 0 Å². The molecule has 0 aliphatic carbocycles. The number of hydrogen-bond donors (Lipinski definition) is 6. The van der Waals surface area contributed by atoms with E-state index < -0.39 is 45.1 Å². The lowest BCUT2D eigenvalue weighted by Gasteiger charge is -2.39. The van der Waals surface area contributed by atoms with E-state index in [0.717, 1.165) is 0 Å². The van der Waals surface area contributed by atoms with Gasteiger partial charge in [-0.1, -0.05) is 0 Å². The smallest absolute Gasteiger partial charge is 0.394 e. The van der Waals surface area contributed by atoms with Crippen LogP contribution in [0.1, 0.15) is 12.8 Å². The van der Waals surface area contributed by atoms with E-state index in [1.807, 2.05) is 0 Å². The number of hydrogen-bond acceptors (Lipinski definition) is 8. The third kappa shape index (κ3) is 6.25. The second-order valence-corrected chi connectivity index (χ2v) is 5.84. The second kappa shape index (κ2) is 8.49. The Hall–Kier alpha value is -0.130. The molecule has 0 spiro atoms. The lowest BCUT2D eigenvalue weighted by molar-refractivity contribution is -0.301. The number of phosphoric ester groups is 1. The number of unbranched alkanes of at least 4 members (excludes halogenated alkanes) is 1. The SMILES string of the molecule is O=P(O)(O)OCCCCOC1OC(CO)C(O)C(O)C1O. The zero-order valence-electron chi connectivity index (χ0n) is 11.2. The maximum absolute atomic E-state index is 10.4. The van der Waals surface area contributed by atoms with Gasteiger partial charge in [0.05, 0.1) is 13.2 Å². The molecule has 11 heteroatoms. The molecule has 10 nitrogen and oxygen atoms in total. The van der Waals surface area contributed by atoms with Crippen molar-refractivity contribution in [1.29, 1.82) is 0 Å². The molecule has 5 atom stereocenters. The Kier molecular flexibility index (Phi) is 7.65. The van der Waals surface area contributed by atoms with Gasteiger partial charge in [-0.15, -0.1) is 0 Å². The van der Waals surface area contributed by atoms with Crippen molar-refractivity contribution in [1.82, 2.24) is 0 Å². The van der Waals surface area contributed by atoms with Crippen LogP contribution in [0.2, 0.25) is 0 Å². The van der Waals surface area contributed by atoms with Gasteiger partial charge in [0, 0.05) is 6.61 Å². The third-order valence-corrected chi connectivity index (χ3v) is 3.45. The Morgan fingerprint density at radius 1 is 1.00 bits per heavy atom. The lowest BCUT2D eigenvalue weighted by Crippen LogP contribution is -2.59. The van der Waals surface area contributed by atoms with Gasteiger partial charge in [0.15, 0.2) is 6.29 Å². The standard InChI is InChI=1S/C10H21O10P/c11-5-6-7(12)8(13)9(14)10(20-6)18-3-1-2-4-19-21(15,16)17/h6-14H,1-5H2,(H2,15,16,17). The summed E-state index contributed by atoms with van der Waals surface area (Å²) in [6.07, 6.45) is -5.97. The van der Waals surface area contributed by atoms with Gasteiger partial charge < -0.3 is 39.7 Å². The van der Waals surface area contributed by atoms with Crippen molar-refractivity contribution >= 4 is 7.82 Å². The summed E-state index contributed by atoms with van der Waals surface area (Å²) in [4.78, 5) is 16.9. The van der Waals surface area contributed by atoms with Crippen LogP contribution in [0.3, 0.4) is 0 Å². The predicted octanol–water partition coefficient (Wildman–Crippen LogP) is -2.31. The number of phosphoric acid groups is 1. The van der Waals surface area contributed by atoms with E-state index in [1.165, 1.54) is 0 Å². The number of ether oxygens (including phenoxy) is 2. The zero-order chi connectivity index (χ0) is 16.0. The summed E-state index contributed by atoms with van der Waals surface area (Å²) < 4.78 is 24.9. The Labute approximate surface area is 121 Å². The topological polar surface area (TPSA) is 166 Å².